The van der Waals surface area contributed by atoms with E-state index in [1.807, 2.05) is 0 Å². The summed E-state index contributed by atoms with van der Waals surface area (Å²) in [5, 5.41) is -0.120. The maximum atomic E-state index is 12.1. The monoisotopic (exact) mass is 307 g/mol. The summed E-state index contributed by atoms with van der Waals surface area (Å²) in [7, 11) is 0. The fourth-order valence-electron chi connectivity index (χ4n) is 0.637. The van der Waals surface area contributed by atoms with E-state index in [2.05, 4.69) is 4.98 Å². The van der Waals surface area contributed by atoms with Gasteiger partial charge in [-0.2, -0.15) is 13.2 Å². The van der Waals surface area contributed by atoms with Crippen LogP contribution in [0.25, 0.3) is 0 Å². The van der Waals surface area contributed by atoms with E-state index in [-0.39, 0.29) is 8.72 Å². The van der Waals surface area contributed by atoms with E-state index in [0.717, 1.165) is 12.3 Å². The molecule has 0 amide bonds. The third-order valence-electron chi connectivity index (χ3n) is 1.15. The van der Waals surface area contributed by atoms with Crippen molar-refractivity contribution in [3.05, 3.63) is 26.5 Å². The first-order chi connectivity index (χ1) is 5.43. The van der Waals surface area contributed by atoms with Crippen molar-refractivity contribution in [3.63, 3.8) is 0 Å². The molecule has 0 atom stereocenters. The van der Waals surface area contributed by atoms with Gasteiger partial charge < -0.3 is 0 Å². The van der Waals surface area contributed by atoms with E-state index in [9.17, 15) is 13.2 Å². The Bertz CT molecular complexity index is 299. The Kier molecular flexibility index (Phi) is 2.82. The lowest BCUT2D eigenvalue weighted by atomic mass is 10.3. The molecule has 0 aliphatic carbocycles. The van der Waals surface area contributed by atoms with Gasteiger partial charge in [0.25, 0.3) is 0 Å². The van der Waals surface area contributed by atoms with Crippen LogP contribution in [0.5, 0.6) is 0 Å². The quantitative estimate of drug-likeness (QED) is 0.529. The highest BCUT2D eigenvalue weighted by Gasteiger charge is 2.33. The van der Waals surface area contributed by atoms with E-state index >= 15 is 0 Å². The standard InChI is InChI=1S/C6H2ClF3IN/c7-5-4(11)3(1-2-12-5)6(8,9)10/h1-2H. The van der Waals surface area contributed by atoms with Crippen LogP contribution in [0.4, 0.5) is 13.2 Å². The SMILES string of the molecule is FC(F)(F)c1ccnc(Cl)c1I. The second-order valence-corrected chi connectivity index (χ2v) is 3.40. The Balaban J connectivity index is 3.26. The molecule has 0 unspecified atom stereocenters. The predicted molar refractivity (Wildman–Crippen MR) is 47.0 cm³/mol. The molecule has 0 fully saturated rings. The fourth-order valence-corrected chi connectivity index (χ4v) is 1.42. The van der Waals surface area contributed by atoms with E-state index in [1.54, 1.807) is 0 Å². The average Bonchev–Trinajstić information content (AvgIpc) is 1.92. The van der Waals surface area contributed by atoms with Gasteiger partial charge in [0.05, 0.1) is 9.13 Å². The van der Waals surface area contributed by atoms with Crippen LogP contribution >= 0.6 is 34.2 Å². The first-order valence-corrected chi connectivity index (χ1v) is 4.26. The maximum Gasteiger partial charge on any atom is 0.417 e. The summed E-state index contributed by atoms with van der Waals surface area (Å²) in [5.41, 5.74) is -0.747. The molecule has 0 aliphatic heterocycles. The van der Waals surface area contributed by atoms with Crippen LogP contribution in [0.1, 0.15) is 5.56 Å². The summed E-state index contributed by atoms with van der Waals surface area (Å²) in [6, 6.07) is 0.896. The van der Waals surface area contributed by atoms with Gasteiger partial charge in [-0.25, -0.2) is 4.98 Å². The van der Waals surface area contributed by atoms with Crippen molar-refractivity contribution in [2.45, 2.75) is 6.18 Å². The number of alkyl halides is 3. The van der Waals surface area contributed by atoms with Crippen molar-refractivity contribution in [1.29, 1.82) is 0 Å². The first kappa shape index (κ1) is 10.0. The lowest BCUT2D eigenvalue weighted by molar-refractivity contribution is -0.138. The topological polar surface area (TPSA) is 12.9 Å². The van der Waals surface area contributed by atoms with Gasteiger partial charge in [0.1, 0.15) is 5.15 Å². The minimum absolute atomic E-state index is 0.0655. The normalized spacial score (nSPS) is 11.8. The minimum Gasteiger partial charge on any atom is -0.243 e. The Hall–Kier alpha value is -0.0400. The van der Waals surface area contributed by atoms with Crippen molar-refractivity contribution in [3.8, 4) is 0 Å². The van der Waals surface area contributed by atoms with Gasteiger partial charge in [-0.05, 0) is 28.7 Å². The number of pyridine rings is 1. The lowest BCUT2D eigenvalue weighted by Crippen LogP contribution is -2.08. The fraction of sp³-hybridized carbons (Fsp3) is 0.167. The number of halogens is 5. The Morgan fingerprint density at radius 1 is 1.42 bits per heavy atom. The zero-order valence-corrected chi connectivity index (χ0v) is 8.41. The summed E-state index contributed by atoms with van der Waals surface area (Å²) in [4.78, 5) is 3.51. The molecule has 1 heterocycles. The summed E-state index contributed by atoms with van der Waals surface area (Å²) in [6.07, 6.45) is -3.32. The molecule has 0 N–H and O–H groups in total. The second kappa shape index (κ2) is 3.37. The molecular formula is C6H2ClF3IN. The van der Waals surface area contributed by atoms with Crippen molar-refractivity contribution in [2.75, 3.05) is 0 Å². The molecule has 0 aromatic carbocycles. The highest BCUT2D eigenvalue weighted by atomic mass is 127. The van der Waals surface area contributed by atoms with Gasteiger partial charge in [0.15, 0.2) is 0 Å². The molecule has 12 heavy (non-hydrogen) atoms. The van der Waals surface area contributed by atoms with Gasteiger partial charge in [-0.1, -0.05) is 11.6 Å². The Labute approximate surface area is 85.1 Å². The number of rotatable bonds is 0. The van der Waals surface area contributed by atoms with Crippen molar-refractivity contribution >= 4 is 34.2 Å². The van der Waals surface area contributed by atoms with Crippen LogP contribution in [0.15, 0.2) is 12.3 Å². The number of hydrogen-bond acceptors (Lipinski definition) is 1. The summed E-state index contributed by atoms with van der Waals surface area (Å²) in [5.74, 6) is 0. The predicted octanol–water partition coefficient (Wildman–Crippen LogP) is 3.36. The molecule has 0 radical (unpaired) electrons. The van der Waals surface area contributed by atoms with Crippen LogP contribution in [0.3, 0.4) is 0 Å². The van der Waals surface area contributed by atoms with Crippen molar-refractivity contribution < 1.29 is 13.2 Å². The van der Waals surface area contributed by atoms with Crippen molar-refractivity contribution in [2.24, 2.45) is 0 Å². The molecule has 0 saturated heterocycles. The highest BCUT2D eigenvalue weighted by Crippen LogP contribution is 2.34. The molecule has 1 nitrogen and oxygen atoms in total. The van der Waals surface area contributed by atoms with Gasteiger partial charge in [0.2, 0.25) is 0 Å². The molecular weight excluding hydrogens is 305 g/mol. The van der Waals surface area contributed by atoms with Crippen molar-refractivity contribution in [1.82, 2.24) is 4.98 Å². The maximum absolute atomic E-state index is 12.1. The highest BCUT2D eigenvalue weighted by molar-refractivity contribution is 14.1. The molecule has 0 bridgehead atoms. The molecule has 66 valence electrons. The van der Waals surface area contributed by atoms with Crippen LogP contribution in [0, 0.1) is 3.57 Å². The largest absolute Gasteiger partial charge is 0.417 e. The van der Waals surface area contributed by atoms with E-state index in [4.69, 9.17) is 11.6 Å². The molecule has 1 aromatic rings. The molecule has 0 spiro atoms. The van der Waals surface area contributed by atoms with Crippen LogP contribution in [0.2, 0.25) is 5.15 Å². The lowest BCUT2D eigenvalue weighted by Gasteiger charge is -2.08. The summed E-state index contributed by atoms with van der Waals surface area (Å²) < 4.78 is 36.3. The summed E-state index contributed by atoms with van der Waals surface area (Å²) in [6.45, 7) is 0. The smallest absolute Gasteiger partial charge is 0.243 e. The second-order valence-electron chi connectivity index (χ2n) is 1.96. The molecule has 0 aliphatic rings. The van der Waals surface area contributed by atoms with E-state index in [0.29, 0.717) is 0 Å². The van der Waals surface area contributed by atoms with Gasteiger partial charge in [-0.3, -0.25) is 0 Å². The molecule has 6 heteroatoms. The first-order valence-electron chi connectivity index (χ1n) is 2.80. The third-order valence-corrected chi connectivity index (χ3v) is 2.85. The van der Waals surface area contributed by atoms with Gasteiger partial charge in [-0.15, -0.1) is 0 Å². The molecule has 1 rings (SSSR count). The van der Waals surface area contributed by atoms with E-state index < -0.39 is 11.7 Å². The molecule has 0 saturated carbocycles. The number of aromatic nitrogens is 1. The number of nitrogens with zero attached hydrogens (tertiary/aromatic N) is 1. The zero-order valence-electron chi connectivity index (χ0n) is 5.49. The van der Waals surface area contributed by atoms with Crippen LogP contribution in [-0.4, -0.2) is 4.98 Å². The Morgan fingerprint density at radius 3 is 2.42 bits per heavy atom. The van der Waals surface area contributed by atoms with Crippen LogP contribution < -0.4 is 0 Å². The summed E-state index contributed by atoms with van der Waals surface area (Å²) >= 11 is 6.92. The zero-order chi connectivity index (χ0) is 9.35. The Morgan fingerprint density at radius 2 is 2.00 bits per heavy atom. The average molecular weight is 307 g/mol. The minimum atomic E-state index is -4.36. The van der Waals surface area contributed by atoms with Gasteiger partial charge >= 0.3 is 6.18 Å². The molecule has 1 aromatic heterocycles. The van der Waals surface area contributed by atoms with E-state index in [1.165, 1.54) is 22.6 Å². The van der Waals surface area contributed by atoms with Crippen LogP contribution in [-0.2, 0) is 6.18 Å². The third kappa shape index (κ3) is 2.01. The van der Waals surface area contributed by atoms with Gasteiger partial charge in [0, 0.05) is 6.20 Å². The number of hydrogen-bond donors (Lipinski definition) is 0.